The summed E-state index contributed by atoms with van der Waals surface area (Å²) in [6.07, 6.45) is 2.74. The van der Waals surface area contributed by atoms with Crippen molar-refractivity contribution in [2.24, 2.45) is 0 Å². The van der Waals surface area contributed by atoms with Gasteiger partial charge in [0.05, 0.1) is 0 Å². The van der Waals surface area contributed by atoms with E-state index < -0.39 is 18.2 Å². The van der Waals surface area contributed by atoms with Crippen LogP contribution in [0.1, 0.15) is 19.3 Å². The second-order valence-corrected chi connectivity index (χ2v) is 4.41. The minimum atomic E-state index is -3.02. The van der Waals surface area contributed by atoms with Crippen LogP contribution in [-0.2, 0) is 4.74 Å². The number of ether oxygens (including phenoxy) is 2. The first-order valence-corrected chi connectivity index (χ1v) is 6.24. The zero-order chi connectivity index (χ0) is 13.7. The van der Waals surface area contributed by atoms with E-state index in [-0.39, 0.29) is 6.04 Å². The molecule has 1 unspecified atom stereocenters. The minimum absolute atomic E-state index is 0.212. The van der Waals surface area contributed by atoms with Crippen molar-refractivity contribution < 1.29 is 22.6 Å². The van der Waals surface area contributed by atoms with Crippen LogP contribution in [0.15, 0.2) is 18.2 Å². The molecule has 0 aromatic heterocycles. The van der Waals surface area contributed by atoms with Gasteiger partial charge in [0, 0.05) is 31.0 Å². The van der Waals surface area contributed by atoms with Crippen LogP contribution in [0.5, 0.6) is 5.75 Å². The van der Waals surface area contributed by atoms with E-state index in [1.807, 2.05) is 0 Å². The van der Waals surface area contributed by atoms with Crippen molar-refractivity contribution in [1.29, 1.82) is 0 Å². The number of hydrogen-bond donors (Lipinski definition) is 1. The van der Waals surface area contributed by atoms with Crippen LogP contribution in [0.25, 0.3) is 0 Å². The third kappa shape index (κ3) is 4.31. The fourth-order valence-electron chi connectivity index (χ4n) is 2.07. The molecule has 6 heteroatoms. The van der Waals surface area contributed by atoms with E-state index in [1.165, 1.54) is 18.2 Å². The molecule has 1 atom stereocenters. The Bertz CT molecular complexity index is 407. The first-order chi connectivity index (χ1) is 9.15. The summed E-state index contributed by atoms with van der Waals surface area (Å²) < 4.78 is 46.9. The molecular weight excluding hydrogens is 259 g/mol. The predicted octanol–water partition coefficient (Wildman–Crippen LogP) is 3.41. The third-order valence-electron chi connectivity index (χ3n) is 2.97. The first-order valence-electron chi connectivity index (χ1n) is 6.24. The van der Waals surface area contributed by atoms with Crippen LogP contribution in [0.4, 0.5) is 18.9 Å². The van der Waals surface area contributed by atoms with Gasteiger partial charge in [0.15, 0.2) is 11.6 Å². The van der Waals surface area contributed by atoms with Crippen LogP contribution < -0.4 is 10.1 Å². The zero-order valence-electron chi connectivity index (χ0n) is 10.4. The highest BCUT2D eigenvalue weighted by Crippen LogP contribution is 2.24. The molecule has 0 spiro atoms. The average molecular weight is 275 g/mol. The summed E-state index contributed by atoms with van der Waals surface area (Å²) in [5, 5.41) is 3.18. The molecule has 0 amide bonds. The van der Waals surface area contributed by atoms with Gasteiger partial charge in [-0.3, -0.25) is 0 Å². The Kier molecular flexibility index (Phi) is 4.90. The SMILES string of the molecule is Fc1cc(NC2CCCOCC2)ccc1OC(F)F. The lowest BCUT2D eigenvalue weighted by atomic mass is 10.1. The Labute approximate surface area is 109 Å². The standard InChI is InChI=1S/C13H16F3NO2/c14-11-8-10(3-4-12(11)19-13(15)16)17-9-2-1-6-18-7-5-9/h3-4,8-9,13,17H,1-2,5-7H2. The Morgan fingerprint density at radius 1 is 1.26 bits per heavy atom. The summed E-state index contributed by atoms with van der Waals surface area (Å²) in [5.74, 6) is -1.24. The first kappa shape index (κ1) is 14.0. The molecular formula is C13H16F3NO2. The van der Waals surface area contributed by atoms with Crippen molar-refractivity contribution in [1.82, 2.24) is 0 Å². The van der Waals surface area contributed by atoms with Gasteiger partial charge in [-0.15, -0.1) is 0 Å². The summed E-state index contributed by atoms with van der Waals surface area (Å²) in [6.45, 7) is -1.60. The van der Waals surface area contributed by atoms with Gasteiger partial charge in [-0.1, -0.05) is 0 Å². The smallest absolute Gasteiger partial charge is 0.387 e. The number of anilines is 1. The fraction of sp³-hybridized carbons (Fsp3) is 0.538. The molecule has 19 heavy (non-hydrogen) atoms. The second-order valence-electron chi connectivity index (χ2n) is 4.41. The van der Waals surface area contributed by atoms with Gasteiger partial charge < -0.3 is 14.8 Å². The quantitative estimate of drug-likeness (QED) is 0.913. The van der Waals surface area contributed by atoms with Gasteiger partial charge >= 0.3 is 6.61 Å². The van der Waals surface area contributed by atoms with E-state index in [0.717, 1.165) is 25.9 Å². The molecule has 1 aromatic rings. The molecule has 1 heterocycles. The van der Waals surface area contributed by atoms with E-state index in [9.17, 15) is 13.2 Å². The molecule has 0 bridgehead atoms. The number of alkyl halides is 2. The van der Waals surface area contributed by atoms with Gasteiger partial charge in [0.2, 0.25) is 0 Å². The Morgan fingerprint density at radius 3 is 2.84 bits per heavy atom. The lowest BCUT2D eigenvalue weighted by molar-refractivity contribution is -0.0521. The second kappa shape index (κ2) is 6.65. The molecule has 1 N–H and O–H groups in total. The minimum Gasteiger partial charge on any atom is -0.432 e. The normalized spacial score (nSPS) is 20.1. The van der Waals surface area contributed by atoms with Crippen LogP contribution in [0.2, 0.25) is 0 Å². The van der Waals surface area contributed by atoms with Gasteiger partial charge in [0.1, 0.15) is 0 Å². The molecule has 1 aliphatic rings. The Balaban J connectivity index is 1.98. The van der Waals surface area contributed by atoms with Crippen molar-refractivity contribution in [2.75, 3.05) is 18.5 Å². The van der Waals surface area contributed by atoms with E-state index in [2.05, 4.69) is 10.1 Å². The largest absolute Gasteiger partial charge is 0.432 e. The van der Waals surface area contributed by atoms with Crippen LogP contribution >= 0.6 is 0 Å². The summed E-state index contributed by atoms with van der Waals surface area (Å²) in [4.78, 5) is 0. The highest BCUT2D eigenvalue weighted by molar-refractivity contribution is 5.48. The molecule has 1 aromatic carbocycles. The van der Waals surface area contributed by atoms with Gasteiger partial charge in [-0.2, -0.15) is 8.78 Å². The van der Waals surface area contributed by atoms with Crippen LogP contribution in [-0.4, -0.2) is 25.9 Å². The van der Waals surface area contributed by atoms with E-state index >= 15 is 0 Å². The van der Waals surface area contributed by atoms with Crippen LogP contribution in [0.3, 0.4) is 0 Å². The summed E-state index contributed by atoms with van der Waals surface area (Å²) in [5.41, 5.74) is 0.561. The molecule has 1 saturated heterocycles. The van der Waals surface area contributed by atoms with E-state index in [4.69, 9.17) is 4.74 Å². The molecule has 1 aliphatic heterocycles. The maximum absolute atomic E-state index is 13.5. The third-order valence-corrected chi connectivity index (χ3v) is 2.97. The van der Waals surface area contributed by atoms with E-state index in [0.29, 0.717) is 12.3 Å². The van der Waals surface area contributed by atoms with Crippen LogP contribution in [0, 0.1) is 5.82 Å². The molecule has 0 radical (unpaired) electrons. The summed E-state index contributed by atoms with van der Waals surface area (Å²) >= 11 is 0. The molecule has 106 valence electrons. The zero-order valence-corrected chi connectivity index (χ0v) is 10.4. The summed E-state index contributed by atoms with van der Waals surface area (Å²) in [6, 6.07) is 4.12. The average Bonchev–Trinajstić information content (AvgIpc) is 2.61. The van der Waals surface area contributed by atoms with Crippen molar-refractivity contribution in [3.8, 4) is 5.75 Å². The van der Waals surface area contributed by atoms with Crippen molar-refractivity contribution in [3.63, 3.8) is 0 Å². The number of benzene rings is 1. The van der Waals surface area contributed by atoms with Crippen molar-refractivity contribution in [2.45, 2.75) is 31.9 Å². The molecule has 1 fully saturated rings. The Morgan fingerprint density at radius 2 is 2.11 bits per heavy atom. The molecule has 0 aliphatic carbocycles. The fourth-order valence-corrected chi connectivity index (χ4v) is 2.07. The lowest BCUT2D eigenvalue weighted by Gasteiger charge is -2.17. The highest BCUT2D eigenvalue weighted by Gasteiger charge is 2.14. The number of nitrogens with one attached hydrogen (secondary N) is 1. The number of hydrogen-bond acceptors (Lipinski definition) is 3. The van der Waals surface area contributed by atoms with Crippen molar-refractivity contribution >= 4 is 5.69 Å². The maximum atomic E-state index is 13.5. The van der Waals surface area contributed by atoms with Gasteiger partial charge in [-0.25, -0.2) is 4.39 Å². The van der Waals surface area contributed by atoms with Crippen molar-refractivity contribution in [3.05, 3.63) is 24.0 Å². The number of rotatable bonds is 4. The molecule has 2 rings (SSSR count). The van der Waals surface area contributed by atoms with Gasteiger partial charge in [0.25, 0.3) is 0 Å². The molecule has 0 saturated carbocycles. The maximum Gasteiger partial charge on any atom is 0.387 e. The summed E-state index contributed by atoms with van der Waals surface area (Å²) in [7, 11) is 0. The van der Waals surface area contributed by atoms with E-state index in [1.54, 1.807) is 0 Å². The molecule has 3 nitrogen and oxygen atoms in total. The Hall–Kier alpha value is -1.43. The van der Waals surface area contributed by atoms with Gasteiger partial charge in [-0.05, 0) is 31.4 Å². The predicted molar refractivity (Wildman–Crippen MR) is 65.1 cm³/mol. The number of halogens is 3. The lowest BCUT2D eigenvalue weighted by Crippen LogP contribution is -2.19. The highest BCUT2D eigenvalue weighted by atomic mass is 19.3. The topological polar surface area (TPSA) is 30.5 Å². The monoisotopic (exact) mass is 275 g/mol.